The molecule has 0 bridgehead atoms. The van der Waals surface area contributed by atoms with Gasteiger partial charge in [0.05, 0.1) is 24.4 Å². The van der Waals surface area contributed by atoms with Crippen LogP contribution in [0.25, 0.3) is 17.3 Å². The maximum absolute atomic E-state index is 13.4. The highest BCUT2D eigenvalue weighted by atomic mass is 32.1. The van der Waals surface area contributed by atoms with Gasteiger partial charge in [-0.1, -0.05) is 24.3 Å². The van der Waals surface area contributed by atoms with E-state index in [1.807, 2.05) is 50.3 Å². The zero-order chi connectivity index (χ0) is 21.8. The first-order valence-electron chi connectivity index (χ1n) is 9.01. The molecule has 0 saturated heterocycles. The zero-order valence-electron chi connectivity index (χ0n) is 17.0. The third-order valence-electron chi connectivity index (χ3n) is 4.63. The second-order valence-corrected chi connectivity index (χ2v) is 7.54. The molecular formula is C23H19N3O3S. The molecule has 30 heavy (non-hydrogen) atoms. The SMILES string of the molecule is COc1ccc(/C=c2\sc(=C(C#N)C#N)n(-c3c(C)cccc3C)c2=O)cc1OC. The molecule has 0 N–H and O–H groups in total. The van der Waals surface area contributed by atoms with Crippen molar-refractivity contribution < 1.29 is 9.47 Å². The minimum absolute atomic E-state index is 0.105. The van der Waals surface area contributed by atoms with Crippen LogP contribution in [0.1, 0.15) is 16.7 Å². The van der Waals surface area contributed by atoms with E-state index in [4.69, 9.17) is 9.47 Å². The number of ether oxygens (including phenoxy) is 2. The van der Waals surface area contributed by atoms with E-state index in [1.54, 1.807) is 32.4 Å². The van der Waals surface area contributed by atoms with Gasteiger partial charge in [0, 0.05) is 0 Å². The van der Waals surface area contributed by atoms with E-state index in [-0.39, 0.29) is 11.1 Å². The van der Waals surface area contributed by atoms with Crippen molar-refractivity contribution in [1.82, 2.24) is 4.57 Å². The summed E-state index contributed by atoms with van der Waals surface area (Å²) in [5, 5.41) is 18.9. The smallest absolute Gasteiger partial charge is 0.273 e. The Hall–Kier alpha value is -3.81. The van der Waals surface area contributed by atoms with Crippen molar-refractivity contribution in [2.24, 2.45) is 0 Å². The summed E-state index contributed by atoms with van der Waals surface area (Å²) in [6, 6.07) is 14.8. The van der Waals surface area contributed by atoms with Gasteiger partial charge in [-0.25, -0.2) is 0 Å². The molecule has 0 aliphatic rings. The van der Waals surface area contributed by atoms with Gasteiger partial charge in [-0.3, -0.25) is 9.36 Å². The van der Waals surface area contributed by atoms with Gasteiger partial charge in [0.25, 0.3) is 5.56 Å². The quantitative estimate of drug-likeness (QED) is 0.651. The number of hydrogen-bond donors (Lipinski definition) is 0. The average molecular weight is 417 g/mol. The summed E-state index contributed by atoms with van der Waals surface area (Å²) < 4.78 is 12.8. The van der Waals surface area contributed by atoms with Crippen LogP contribution in [0.2, 0.25) is 0 Å². The summed E-state index contributed by atoms with van der Waals surface area (Å²) in [5.41, 5.74) is 2.79. The summed E-state index contributed by atoms with van der Waals surface area (Å²) in [6.45, 7) is 3.79. The van der Waals surface area contributed by atoms with Gasteiger partial charge < -0.3 is 9.47 Å². The molecule has 0 amide bonds. The lowest BCUT2D eigenvalue weighted by Crippen LogP contribution is -2.31. The molecule has 6 nitrogen and oxygen atoms in total. The van der Waals surface area contributed by atoms with E-state index in [1.165, 1.54) is 4.57 Å². The van der Waals surface area contributed by atoms with Gasteiger partial charge in [0.2, 0.25) is 0 Å². The monoisotopic (exact) mass is 417 g/mol. The summed E-state index contributed by atoms with van der Waals surface area (Å²) in [4.78, 5) is 13.4. The Bertz CT molecular complexity index is 1350. The zero-order valence-corrected chi connectivity index (χ0v) is 17.8. The van der Waals surface area contributed by atoms with Crippen LogP contribution in [0.5, 0.6) is 11.5 Å². The molecule has 1 heterocycles. The number of para-hydroxylation sites is 1. The van der Waals surface area contributed by atoms with Crippen molar-refractivity contribution in [3.63, 3.8) is 0 Å². The van der Waals surface area contributed by atoms with Crippen LogP contribution in [0, 0.1) is 36.5 Å². The van der Waals surface area contributed by atoms with Crippen LogP contribution >= 0.6 is 11.3 Å². The van der Waals surface area contributed by atoms with Crippen LogP contribution in [0.15, 0.2) is 41.2 Å². The predicted molar refractivity (Wildman–Crippen MR) is 116 cm³/mol. The maximum Gasteiger partial charge on any atom is 0.273 e. The molecule has 0 radical (unpaired) electrons. The third-order valence-corrected chi connectivity index (χ3v) is 5.72. The lowest BCUT2D eigenvalue weighted by molar-refractivity contribution is 0.355. The van der Waals surface area contributed by atoms with E-state index in [9.17, 15) is 15.3 Å². The Morgan fingerprint density at radius 3 is 2.23 bits per heavy atom. The summed E-state index contributed by atoms with van der Waals surface area (Å²) >= 11 is 1.11. The first-order chi connectivity index (χ1) is 14.4. The summed E-state index contributed by atoms with van der Waals surface area (Å²) in [7, 11) is 3.09. The van der Waals surface area contributed by atoms with Gasteiger partial charge in [-0.15, -0.1) is 11.3 Å². The number of hydrogen-bond acceptors (Lipinski definition) is 6. The Balaban J connectivity index is 2.40. The van der Waals surface area contributed by atoms with E-state index in [0.717, 1.165) is 28.0 Å². The van der Waals surface area contributed by atoms with Gasteiger partial charge in [-0.2, -0.15) is 10.5 Å². The fraction of sp³-hybridized carbons (Fsp3) is 0.174. The van der Waals surface area contributed by atoms with E-state index in [0.29, 0.717) is 26.4 Å². The van der Waals surface area contributed by atoms with Crippen molar-refractivity contribution in [2.45, 2.75) is 13.8 Å². The number of rotatable bonds is 4. The number of nitriles is 2. The van der Waals surface area contributed by atoms with Gasteiger partial charge >= 0.3 is 0 Å². The molecule has 7 heteroatoms. The fourth-order valence-corrected chi connectivity index (χ4v) is 4.27. The number of methoxy groups -OCH3 is 2. The van der Waals surface area contributed by atoms with Crippen LogP contribution in [0.4, 0.5) is 0 Å². The first-order valence-corrected chi connectivity index (χ1v) is 9.83. The normalized spacial score (nSPS) is 10.9. The van der Waals surface area contributed by atoms with Crippen molar-refractivity contribution in [2.75, 3.05) is 14.2 Å². The largest absolute Gasteiger partial charge is 0.493 e. The second-order valence-electron chi connectivity index (χ2n) is 6.51. The number of nitrogens with zero attached hydrogens (tertiary/aromatic N) is 3. The molecule has 3 aromatic rings. The molecule has 0 spiro atoms. The van der Waals surface area contributed by atoms with E-state index >= 15 is 0 Å². The van der Waals surface area contributed by atoms with Crippen LogP contribution in [0.3, 0.4) is 0 Å². The second kappa shape index (κ2) is 8.69. The van der Waals surface area contributed by atoms with Gasteiger partial charge in [-0.05, 0) is 48.7 Å². The summed E-state index contributed by atoms with van der Waals surface area (Å²) in [6.07, 6.45) is 1.72. The highest BCUT2D eigenvalue weighted by Crippen LogP contribution is 2.27. The Morgan fingerprint density at radius 1 is 1.03 bits per heavy atom. The number of thiazole rings is 1. The topological polar surface area (TPSA) is 88.0 Å². The van der Waals surface area contributed by atoms with Crippen LogP contribution in [-0.4, -0.2) is 18.8 Å². The highest BCUT2D eigenvalue weighted by Gasteiger charge is 2.15. The van der Waals surface area contributed by atoms with Crippen molar-refractivity contribution in [1.29, 1.82) is 10.5 Å². The first kappa shape index (κ1) is 20.9. The van der Waals surface area contributed by atoms with Crippen molar-refractivity contribution in [3.8, 4) is 29.3 Å². The number of aromatic nitrogens is 1. The van der Waals surface area contributed by atoms with Gasteiger partial charge in [0.15, 0.2) is 17.1 Å². The molecule has 3 rings (SSSR count). The van der Waals surface area contributed by atoms with Crippen molar-refractivity contribution in [3.05, 3.63) is 72.6 Å². The average Bonchev–Trinajstić information content (AvgIpc) is 3.05. The van der Waals surface area contributed by atoms with Crippen LogP contribution < -0.4 is 24.2 Å². The number of benzene rings is 2. The molecular weight excluding hydrogens is 398 g/mol. The van der Waals surface area contributed by atoms with E-state index in [2.05, 4.69) is 0 Å². The predicted octanol–water partition coefficient (Wildman–Crippen LogP) is 2.56. The summed E-state index contributed by atoms with van der Waals surface area (Å²) in [5.74, 6) is 1.12. The third kappa shape index (κ3) is 3.71. The molecule has 0 saturated carbocycles. The lowest BCUT2D eigenvalue weighted by atomic mass is 10.1. The molecule has 0 fully saturated rings. The van der Waals surface area contributed by atoms with Crippen LogP contribution in [-0.2, 0) is 0 Å². The Morgan fingerprint density at radius 2 is 1.67 bits per heavy atom. The Kier molecular flexibility index (Phi) is 6.06. The van der Waals surface area contributed by atoms with E-state index < -0.39 is 0 Å². The molecule has 1 aromatic heterocycles. The molecule has 150 valence electrons. The Labute approximate surface area is 177 Å². The molecule has 0 aliphatic heterocycles. The minimum Gasteiger partial charge on any atom is -0.493 e. The van der Waals surface area contributed by atoms with Crippen molar-refractivity contribution >= 4 is 23.0 Å². The fourth-order valence-electron chi connectivity index (χ4n) is 3.23. The number of aryl methyl sites for hydroxylation is 2. The standard InChI is InChI=1S/C23H19N3O3S/c1-14-6-5-7-15(2)21(14)26-22(27)20(30-23(26)17(12-24)13-25)11-16-8-9-18(28-3)19(10-16)29-4/h5-11H,1-4H3/b20-11-. The molecule has 0 atom stereocenters. The molecule has 0 aliphatic carbocycles. The lowest BCUT2D eigenvalue weighted by Gasteiger charge is -2.10. The molecule has 0 unspecified atom stereocenters. The minimum atomic E-state index is -0.287. The maximum atomic E-state index is 13.4. The van der Waals surface area contributed by atoms with Gasteiger partial charge in [0.1, 0.15) is 16.8 Å². The molecule has 2 aromatic carbocycles. The highest BCUT2D eigenvalue weighted by molar-refractivity contribution is 7.07.